The number of benzene rings is 1. The smallest absolute Gasteiger partial charge is 0.346 e. The van der Waals surface area contributed by atoms with E-state index in [1.165, 1.54) is 0 Å². The largest absolute Gasteiger partial charge is 0.376 e. The molecular weight excluding hydrogens is 387 g/mol. The lowest BCUT2D eigenvalue weighted by Gasteiger charge is -2.22. The van der Waals surface area contributed by atoms with E-state index in [4.69, 9.17) is 9.84 Å². The van der Waals surface area contributed by atoms with Gasteiger partial charge in [-0.05, 0) is 44.3 Å². The highest BCUT2D eigenvalue weighted by atomic mass is 35.5. The molecule has 2 aliphatic rings. The van der Waals surface area contributed by atoms with Crippen LogP contribution in [0.15, 0.2) is 35.1 Å². The van der Waals surface area contributed by atoms with Gasteiger partial charge in [0.1, 0.15) is 5.82 Å². The Balaban J connectivity index is 0.00000131. The summed E-state index contributed by atoms with van der Waals surface area (Å²) < 4.78 is 9.22. The zero-order valence-corrected chi connectivity index (χ0v) is 17.0. The number of aromatic nitrogens is 3. The van der Waals surface area contributed by atoms with Crippen LogP contribution in [0.5, 0.6) is 0 Å². The van der Waals surface area contributed by atoms with E-state index < -0.39 is 0 Å². The Hall–Kier alpha value is -1.34. The topological polar surface area (TPSA) is 61.1 Å². The molecule has 0 saturated carbocycles. The minimum atomic E-state index is -0.00659. The molecule has 1 aromatic carbocycles. The average molecular weight is 415 g/mol. The molecule has 4 rings (SSSR count). The number of nitrogens with one attached hydrogen (secondary N) is 1. The summed E-state index contributed by atoms with van der Waals surface area (Å²) >= 11 is 0. The van der Waals surface area contributed by atoms with Crippen LogP contribution in [-0.2, 0) is 17.8 Å². The molecular formula is C19H28Cl2N4O2. The first-order chi connectivity index (χ1) is 12.3. The van der Waals surface area contributed by atoms with E-state index in [1.54, 1.807) is 4.68 Å². The van der Waals surface area contributed by atoms with Crippen molar-refractivity contribution in [1.29, 1.82) is 0 Å². The van der Waals surface area contributed by atoms with Gasteiger partial charge in [0.2, 0.25) is 0 Å². The average Bonchev–Trinajstić information content (AvgIpc) is 3.27. The molecule has 2 aliphatic heterocycles. The zero-order chi connectivity index (χ0) is 17.1. The number of halogens is 2. The molecule has 2 fully saturated rings. The third-order valence-electron chi connectivity index (χ3n) is 5.24. The monoisotopic (exact) mass is 414 g/mol. The maximum Gasteiger partial charge on any atom is 0.346 e. The lowest BCUT2D eigenvalue weighted by molar-refractivity contribution is 0.0928. The van der Waals surface area contributed by atoms with Gasteiger partial charge in [0.05, 0.1) is 19.2 Å². The van der Waals surface area contributed by atoms with E-state index in [1.807, 2.05) is 22.8 Å². The summed E-state index contributed by atoms with van der Waals surface area (Å²) in [6.45, 7) is 3.93. The Labute approximate surface area is 172 Å². The van der Waals surface area contributed by atoms with Crippen molar-refractivity contribution in [3.05, 3.63) is 52.2 Å². The summed E-state index contributed by atoms with van der Waals surface area (Å²) in [7, 11) is 0. The second-order valence-electron chi connectivity index (χ2n) is 7.05. The lowest BCUT2D eigenvalue weighted by atomic mass is 9.97. The highest BCUT2D eigenvalue weighted by molar-refractivity contribution is 5.85. The van der Waals surface area contributed by atoms with Crippen LogP contribution in [0, 0.1) is 0 Å². The van der Waals surface area contributed by atoms with Gasteiger partial charge in [-0.25, -0.2) is 9.48 Å². The summed E-state index contributed by atoms with van der Waals surface area (Å²) in [5.74, 6) is 1.29. The Morgan fingerprint density at radius 3 is 2.52 bits per heavy atom. The summed E-state index contributed by atoms with van der Waals surface area (Å²) in [6.07, 6.45) is 4.28. The SMILES string of the molecule is Cl.Cl.O=c1n(CC2CCCO2)nc(C2CCNCC2)n1Cc1ccccc1. The summed E-state index contributed by atoms with van der Waals surface area (Å²) in [5.41, 5.74) is 1.13. The van der Waals surface area contributed by atoms with Gasteiger partial charge in [-0.15, -0.1) is 24.8 Å². The van der Waals surface area contributed by atoms with E-state index in [9.17, 15) is 4.79 Å². The summed E-state index contributed by atoms with van der Waals surface area (Å²) in [6, 6.07) is 10.2. The molecule has 0 radical (unpaired) electrons. The number of hydrogen-bond acceptors (Lipinski definition) is 4. The van der Waals surface area contributed by atoms with E-state index in [-0.39, 0.29) is 36.6 Å². The fourth-order valence-electron chi connectivity index (χ4n) is 3.85. The predicted molar refractivity (Wildman–Crippen MR) is 110 cm³/mol. The van der Waals surface area contributed by atoms with Crippen LogP contribution in [0.4, 0.5) is 0 Å². The van der Waals surface area contributed by atoms with Crippen LogP contribution in [0.25, 0.3) is 0 Å². The lowest BCUT2D eigenvalue weighted by Crippen LogP contribution is -2.31. The normalized spacial score (nSPS) is 20.1. The van der Waals surface area contributed by atoms with Gasteiger partial charge in [-0.2, -0.15) is 5.10 Å². The van der Waals surface area contributed by atoms with Crippen LogP contribution < -0.4 is 11.0 Å². The molecule has 1 N–H and O–H groups in total. The Kier molecular flexibility index (Phi) is 8.35. The molecule has 1 atom stereocenters. The first kappa shape index (κ1) is 22.0. The number of hydrogen-bond donors (Lipinski definition) is 1. The first-order valence-electron chi connectivity index (χ1n) is 9.35. The molecule has 1 aromatic heterocycles. The first-order valence-corrected chi connectivity index (χ1v) is 9.35. The number of nitrogens with zero attached hydrogens (tertiary/aromatic N) is 3. The summed E-state index contributed by atoms with van der Waals surface area (Å²) in [4.78, 5) is 13.0. The van der Waals surface area contributed by atoms with E-state index >= 15 is 0 Å². The Bertz CT molecular complexity index is 751. The molecule has 3 heterocycles. The van der Waals surface area contributed by atoms with Crippen molar-refractivity contribution in [3.8, 4) is 0 Å². The van der Waals surface area contributed by atoms with Gasteiger partial charge in [0, 0.05) is 12.5 Å². The highest BCUT2D eigenvalue weighted by Gasteiger charge is 2.26. The van der Waals surface area contributed by atoms with Gasteiger partial charge in [0.15, 0.2) is 0 Å². The molecule has 2 saturated heterocycles. The van der Waals surface area contributed by atoms with Gasteiger partial charge in [-0.3, -0.25) is 4.57 Å². The maximum absolute atomic E-state index is 13.0. The van der Waals surface area contributed by atoms with Crippen molar-refractivity contribution < 1.29 is 4.74 Å². The predicted octanol–water partition coefficient (Wildman–Crippen LogP) is 2.58. The Morgan fingerprint density at radius 2 is 1.85 bits per heavy atom. The molecule has 1 unspecified atom stereocenters. The minimum Gasteiger partial charge on any atom is -0.376 e. The van der Waals surface area contributed by atoms with Crippen molar-refractivity contribution in [2.45, 2.75) is 50.8 Å². The van der Waals surface area contributed by atoms with Gasteiger partial charge < -0.3 is 10.1 Å². The van der Waals surface area contributed by atoms with Crippen LogP contribution in [0.3, 0.4) is 0 Å². The standard InChI is InChI=1S/C19H26N4O2.2ClH/c24-19-22(13-15-5-2-1-3-6-15)18(16-8-10-20-11-9-16)21-23(19)14-17-7-4-12-25-17;;/h1-3,5-6,16-17,20H,4,7-14H2;2*1H. The van der Waals surface area contributed by atoms with Gasteiger partial charge >= 0.3 is 5.69 Å². The van der Waals surface area contributed by atoms with E-state index in [0.29, 0.717) is 19.0 Å². The second kappa shape index (κ2) is 10.3. The number of rotatable bonds is 5. The fourth-order valence-corrected chi connectivity index (χ4v) is 3.85. The Morgan fingerprint density at radius 1 is 1.11 bits per heavy atom. The van der Waals surface area contributed by atoms with Crippen molar-refractivity contribution in [3.63, 3.8) is 0 Å². The third kappa shape index (κ3) is 5.13. The third-order valence-corrected chi connectivity index (χ3v) is 5.24. The van der Waals surface area contributed by atoms with Crippen molar-refractivity contribution >= 4 is 24.8 Å². The quantitative estimate of drug-likeness (QED) is 0.816. The molecule has 2 aromatic rings. The molecule has 150 valence electrons. The zero-order valence-electron chi connectivity index (χ0n) is 15.4. The maximum atomic E-state index is 13.0. The molecule has 0 aliphatic carbocycles. The van der Waals surface area contributed by atoms with Crippen LogP contribution in [-0.4, -0.2) is 40.1 Å². The van der Waals surface area contributed by atoms with Crippen LogP contribution in [0.2, 0.25) is 0 Å². The number of piperidine rings is 1. The fraction of sp³-hybridized carbons (Fsp3) is 0.579. The van der Waals surface area contributed by atoms with E-state index in [0.717, 1.165) is 56.8 Å². The van der Waals surface area contributed by atoms with Crippen molar-refractivity contribution in [1.82, 2.24) is 19.7 Å². The van der Waals surface area contributed by atoms with E-state index in [2.05, 4.69) is 17.4 Å². The van der Waals surface area contributed by atoms with Crippen LogP contribution in [0.1, 0.15) is 43.0 Å². The second-order valence-corrected chi connectivity index (χ2v) is 7.05. The molecule has 6 nitrogen and oxygen atoms in total. The van der Waals surface area contributed by atoms with Crippen LogP contribution >= 0.6 is 24.8 Å². The van der Waals surface area contributed by atoms with Crippen molar-refractivity contribution in [2.75, 3.05) is 19.7 Å². The minimum absolute atomic E-state index is 0. The molecule has 0 spiro atoms. The molecule has 27 heavy (non-hydrogen) atoms. The highest BCUT2D eigenvalue weighted by Crippen LogP contribution is 2.23. The molecule has 8 heteroatoms. The summed E-state index contributed by atoms with van der Waals surface area (Å²) in [5, 5.41) is 8.14. The van der Waals surface area contributed by atoms with Crippen molar-refractivity contribution in [2.24, 2.45) is 0 Å². The number of ether oxygens (including phenoxy) is 1. The molecule has 0 bridgehead atoms. The molecule has 0 amide bonds. The van der Waals surface area contributed by atoms with Gasteiger partial charge in [-0.1, -0.05) is 30.3 Å². The van der Waals surface area contributed by atoms with Gasteiger partial charge in [0.25, 0.3) is 0 Å².